The molecule has 0 radical (unpaired) electrons. The van der Waals surface area contributed by atoms with E-state index in [2.05, 4.69) is 68.5 Å². The summed E-state index contributed by atoms with van der Waals surface area (Å²) in [7, 11) is 0. The average molecular weight is 449 g/mol. The normalized spacial score (nSPS) is 19.0. The minimum Gasteiger partial charge on any atom is -0.302 e. The lowest BCUT2D eigenvalue weighted by atomic mass is 9.84. The number of hydrogen-bond donors (Lipinski definition) is 0. The van der Waals surface area contributed by atoms with E-state index in [1.807, 2.05) is 0 Å². The van der Waals surface area contributed by atoms with Gasteiger partial charge in [0.05, 0.1) is 0 Å². The van der Waals surface area contributed by atoms with Gasteiger partial charge < -0.3 is 9.80 Å². The molecule has 2 nitrogen and oxygen atoms in total. The van der Waals surface area contributed by atoms with Crippen LogP contribution < -0.4 is 0 Å². The van der Waals surface area contributed by atoms with Crippen molar-refractivity contribution in [2.75, 3.05) is 39.3 Å². The van der Waals surface area contributed by atoms with Crippen LogP contribution in [0.3, 0.4) is 0 Å². The molecule has 1 unspecified atom stereocenters. The summed E-state index contributed by atoms with van der Waals surface area (Å²) < 4.78 is 0. The molecule has 0 aliphatic carbocycles. The molecule has 2 aliphatic heterocycles. The van der Waals surface area contributed by atoms with Crippen molar-refractivity contribution in [3.8, 4) is 0 Å². The van der Waals surface area contributed by atoms with E-state index in [0.29, 0.717) is 11.8 Å². The quantitative estimate of drug-likeness (QED) is 0.306. The SMILES string of the molecule is C=C(C)CCC(CCc1cc(C2CCN(CCN3CCCC3)CC2)ccc1C(=C)C)C(=C)C. The van der Waals surface area contributed by atoms with Gasteiger partial charge in [-0.25, -0.2) is 0 Å². The Kier molecular flexibility index (Phi) is 10.0. The van der Waals surface area contributed by atoms with E-state index < -0.39 is 0 Å². The minimum absolute atomic E-state index is 0.571. The summed E-state index contributed by atoms with van der Waals surface area (Å²) in [5, 5.41) is 0. The predicted molar refractivity (Wildman–Crippen MR) is 146 cm³/mol. The van der Waals surface area contributed by atoms with E-state index in [9.17, 15) is 0 Å². The zero-order valence-corrected chi connectivity index (χ0v) is 21.8. The first-order valence-corrected chi connectivity index (χ1v) is 13.4. The Morgan fingerprint density at radius 1 is 0.909 bits per heavy atom. The average Bonchev–Trinajstić information content (AvgIpc) is 3.31. The molecule has 1 aromatic carbocycles. The molecule has 0 saturated carbocycles. The highest BCUT2D eigenvalue weighted by Gasteiger charge is 2.22. The fourth-order valence-corrected chi connectivity index (χ4v) is 5.66. The van der Waals surface area contributed by atoms with Crippen LogP contribution in [0.15, 0.2) is 49.1 Å². The van der Waals surface area contributed by atoms with Gasteiger partial charge in [-0.3, -0.25) is 0 Å². The number of hydrogen-bond acceptors (Lipinski definition) is 2. The second kappa shape index (κ2) is 12.7. The molecule has 33 heavy (non-hydrogen) atoms. The van der Waals surface area contributed by atoms with E-state index in [1.165, 1.54) is 106 Å². The molecule has 0 spiro atoms. The van der Waals surface area contributed by atoms with E-state index in [1.54, 1.807) is 5.56 Å². The number of aryl methyl sites for hydroxylation is 1. The number of piperidine rings is 1. The van der Waals surface area contributed by atoms with Crippen molar-refractivity contribution in [2.24, 2.45) is 5.92 Å². The highest BCUT2D eigenvalue weighted by molar-refractivity contribution is 5.65. The predicted octanol–water partition coefficient (Wildman–Crippen LogP) is 7.48. The molecular weight excluding hydrogens is 400 g/mol. The summed E-state index contributed by atoms with van der Waals surface area (Å²) in [6, 6.07) is 7.24. The molecule has 0 aromatic heterocycles. The van der Waals surface area contributed by atoms with Gasteiger partial charge in [0.1, 0.15) is 0 Å². The zero-order chi connectivity index (χ0) is 23.8. The third-order valence-corrected chi connectivity index (χ3v) is 7.96. The third kappa shape index (κ3) is 7.97. The van der Waals surface area contributed by atoms with Crippen molar-refractivity contribution in [3.05, 3.63) is 65.8 Å². The highest BCUT2D eigenvalue weighted by atomic mass is 15.2. The Labute approximate surface area is 204 Å². The van der Waals surface area contributed by atoms with Crippen molar-refractivity contribution < 1.29 is 0 Å². The molecule has 0 amide bonds. The molecule has 0 N–H and O–H groups in total. The van der Waals surface area contributed by atoms with E-state index in [-0.39, 0.29) is 0 Å². The number of likely N-dealkylation sites (tertiary alicyclic amines) is 2. The summed E-state index contributed by atoms with van der Waals surface area (Å²) in [6.45, 7) is 26.8. The molecule has 2 aliphatic rings. The first-order valence-electron chi connectivity index (χ1n) is 13.4. The first-order chi connectivity index (χ1) is 15.8. The number of benzene rings is 1. The lowest BCUT2D eigenvalue weighted by molar-refractivity contribution is 0.185. The van der Waals surface area contributed by atoms with Gasteiger partial charge in [0.25, 0.3) is 0 Å². The molecule has 2 saturated heterocycles. The molecule has 1 aromatic rings. The van der Waals surface area contributed by atoms with Crippen LogP contribution in [0.1, 0.15) is 88.3 Å². The topological polar surface area (TPSA) is 6.48 Å². The molecular formula is C31H48N2. The largest absolute Gasteiger partial charge is 0.302 e. The third-order valence-electron chi connectivity index (χ3n) is 7.96. The maximum Gasteiger partial charge on any atom is 0.0109 e. The maximum absolute atomic E-state index is 4.29. The Balaban J connectivity index is 1.59. The van der Waals surface area contributed by atoms with Crippen LogP contribution in [0, 0.1) is 5.92 Å². The second-order valence-electron chi connectivity index (χ2n) is 10.9. The molecule has 1 atom stereocenters. The van der Waals surface area contributed by atoms with Crippen molar-refractivity contribution in [2.45, 2.75) is 78.1 Å². The van der Waals surface area contributed by atoms with Gasteiger partial charge >= 0.3 is 0 Å². The standard InChI is InChI=1S/C31H48N2/c1-24(2)9-10-27(25(3)4)11-12-30-23-29(13-14-31(30)26(5)6)28-15-19-33(20-16-28)22-21-32-17-7-8-18-32/h13-14,23,27-28H,1,3,5,7-12,15-22H2,2,4,6H3. The minimum atomic E-state index is 0.571. The van der Waals surface area contributed by atoms with Gasteiger partial charge in [-0.1, -0.05) is 48.1 Å². The van der Waals surface area contributed by atoms with Crippen molar-refractivity contribution in [1.82, 2.24) is 9.80 Å². The Morgan fingerprint density at radius 2 is 1.55 bits per heavy atom. The summed E-state index contributed by atoms with van der Waals surface area (Å²) >= 11 is 0. The van der Waals surface area contributed by atoms with Crippen molar-refractivity contribution in [1.29, 1.82) is 0 Å². The zero-order valence-electron chi connectivity index (χ0n) is 21.8. The van der Waals surface area contributed by atoms with Gasteiger partial charge in [0.15, 0.2) is 0 Å². The maximum atomic E-state index is 4.29. The molecule has 2 heterocycles. The lowest BCUT2D eigenvalue weighted by Crippen LogP contribution is -2.38. The van der Waals surface area contributed by atoms with Crippen LogP contribution >= 0.6 is 0 Å². The summed E-state index contributed by atoms with van der Waals surface area (Å²) in [5.41, 5.74) is 8.15. The molecule has 0 bridgehead atoms. The summed E-state index contributed by atoms with van der Waals surface area (Å²) in [5.74, 6) is 1.27. The molecule has 2 heteroatoms. The van der Waals surface area contributed by atoms with Gasteiger partial charge in [-0.15, -0.1) is 6.58 Å². The van der Waals surface area contributed by atoms with Crippen molar-refractivity contribution >= 4 is 5.57 Å². The van der Waals surface area contributed by atoms with Crippen LogP contribution in [0.25, 0.3) is 5.57 Å². The first kappa shape index (κ1) is 26.0. The van der Waals surface area contributed by atoms with E-state index in [4.69, 9.17) is 0 Å². The van der Waals surface area contributed by atoms with Gasteiger partial charge in [-0.2, -0.15) is 0 Å². The fourth-order valence-electron chi connectivity index (χ4n) is 5.66. The van der Waals surface area contributed by atoms with Gasteiger partial charge in [-0.05, 0) is 127 Å². The van der Waals surface area contributed by atoms with Crippen LogP contribution in [-0.4, -0.2) is 49.1 Å². The monoisotopic (exact) mass is 448 g/mol. The number of rotatable bonds is 12. The second-order valence-corrected chi connectivity index (χ2v) is 10.9. The van der Waals surface area contributed by atoms with Gasteiger partial charge in [0.2, 0.25) is 0 Å². The number of nitrogens with zero attached hydrogens (tertiary/aromatic N) is 2. The van der Waals surface area contributed by atoms with Crippen LogP contribution in [0.2, 0.25) is 0 Å². The van der Waals surface area contributed by atoms with Crippen molar-refractivity contribution in [3.63, 3.8) is 0 Å². The summed E-state index contributed by atoms with van der Waals surface area (Å²) in [4.78, 5) is 5.33. The van der Waals surface area contributed by atoms with Crippen LogP contribution in [0.4, 0.5) is 0 Å². The number of allylic oxidation sites excluding steroid dienone is 3. The highest BCUT2D eigenvalue weighted by Crippen LogP contribution is 2.32. The van der Waals surface area contributed by atoms with Gasteiger partial charge in [0, 0.05) is 13.1 Å². The van der Waals surface area contributed by atoms with E-state index in [0.717, 1.165) is 12.8 Å². The molecule has 182 valence electrons. The van der Waals surface area contributed by atoms with Crippen LogP contribution in [-0.2, 0) is 6.42 Å². The molecule has 2 fully saturated rings. The van der Waals surface area contributed by atoms with Crippen LogP contribution in [0.5, 0.6) is 0 Å². The Morgan fingerprint density at radius 3 is 2.12 bits per heavy atom. The Bertz CT molecular complexity index is 806. The Hall–Kier alpha value is -1.64. The molecule has 3 rings (SSSR count). The fraction of sp³-hybridized carbons (Fsp3) is 0.613. The summed E-state index contributed by atoms with van der Waals surface area (Å²) in [6.07, 6.45) is 9.92. The lowest BCUT2D eigenvalue weighted by Gasteiger charge is -2.33. The van der Waals surface area contributed by atoms with E-state index >= 15 is 0 Å². The smallest absolute Gasteiger partial charge is 0.0109 e.